The van der Waals surface area contributed by atoms with Crippen LogP contribution in [0.3, 0.4) is 0 Å². The van der Waals surface area contributed by atoms with E-state index >= 15 is 0 Å². The van der Waals surface area contributed by atoms with Gasteiger partial charge in [-0.3, -0.25) is 9.59 Å². The molecule has 0 aliphatic heterocycles. The van der Waals surface area contributed by atoms with Gasteiger partial charge in [0.05, 0.1) is 5.60 Å². The number of rotatable bonds is 3. The van der Waals surface area contributed by atoms with Crippen LogP contribution < -0.4 is 0 Å². The van der Waals surface area contributed by atoms with Crippen molar-refractivity contribution in [3.05, 3.63) is 23.8 Å². The Bertz CT molecular complexity index is 707. The fourth-order valence-corrected chi connectivity index (χ4v) is 6.83. The molecule has 4 heteroatoms. The number of fused-ring (bicyclic) bond motifs is 5. The summed E-state index contributed by atoms with van der Waals surface area (Å²) in [7, 11) is 0. The maximum absolute atomic E-state index is 11.9. The molecule has 142 valence electrons. The van der Waals surface area contributed by atoms with Crippen molar-refractivity contribution in [2.45, 2.75) is 70.8 Å². The number of aliphatic carboxylic acids is 1. The lowest BCUT2D eigenvalue weighted by Crippen LogP contribution is -2.53. The van der Waals surface area contributed by atoms with Crippen molar-refractivity contribution < 1.29 is 19.8 Å². The van der Waals surface area contributed by atoms with Gasteiger partial charge in [0.15, 0.2) is 5.78 Å². The van der Waals surface area contributed by atoms with Gasteiger partial charge in [-0.1, -0.05) is 26.0 Å². The normalized spacial score (nSPS) is 47.0. The Morgan fingerprint density at radius 3 is 2.65 bits per heavy atom. The monoisotopic (exact) mass is 358 g/mol. The zero-order chi connectivity index (χ0) is 18.7. The Kier molecular flexibility index (Phi) is 4.00. The van der Waals surface area contributed by atoms with Crippen LogP contribution in [0.2, 0.25) is 0 Å². The van der Waals surface area contributed by atoms with E-state index in [0.29, 0.717) is 37.0 Å². The number of hydrogen-bond donors (Lipinski definition) is 2. The third kappa shape index (κ3) is 2.37. The molecular formula is C22H30O4. The van der Waals surface area contributed by atoms with Gasteiger partial charge in [0, 0.05) is 12.8 Å². The predicted octanol–water partition coefficient (Wildman–Crippen LogP) is 3.89. The maximum atomic E-state index is 11.9. The third-order valence-electron chi connectivity index (χ3n) is 8.59. The zero-order valence-electron chi connectivity index (χ0n) is 15.8. The fourth-order valence-electron chi connectivity index (χ4n) is 6.83. The van der Waals surface area contributed by atoms with Crippen LogP contribution in [0, 0.1) is 28.6 Å². The smallest absolute Gasteiger partial charge is 0.303 e. The lowest BCUT2D eigenvalue weighted by molar-refractivity contribution is -0.144. The summed E-state index contributed by atoms with van der Waals surface area (Å²) in [6, 6.07) is 0. The molecule has 0 spiro atoms. The van der Waals surface area contributed by atoms with E-state index in [1.807, 2.05) is 6.08 Å². The van der Waals surface area contributed by atoms with Crippen LogP contribution in [0.1, 0.15) is 65.2 Å². The topological polar surface area (TPSA) is 74.6 Å². The number of carboxylic acids is 1. The molecule has 3 unspecified atom stereocenters. The summed E-state index contributed by atoms with van der Waals surface area (Å²) in [5, 5.41) is 20.5. The Balaban J connectivity index is 1.66. The summed E-state index contributed by atoms with van der Waals surface area (Å²) in [5.41, 5.74) is 0.179. The lowest BCUT2D eigenvalue weighted by atomic mass is 9.48. The molecular weight excluding hydrogens is 328 g/mol. The first-order chi connectivity index (χ1) is 12.2. The van der Waals surface area contributed by atoms with E-state index in [1.165, 1.54) is 5.57 Å². The molecule has 0 aromatic carbocycles. The molecule has 0 heterocycles. The molecule has 4 nitrogen and oxygen atoms in total. The molecule has 2 fully saturated rings. The lowest BCUT2D eigenvalue weighted by Gasteiger charge is -2.57. The van der Waals surface area contributed by atoms with Crippen LogP contribution in [-0.2, 0) is 9.59 Å². The van der Waals surface area contributed by atoms with Crippen molar-refractivity contribution in [2.75, 3.05) is 0 Å². The molecule has 0 radical (unpaired) electrons. The van der Waals surface area contributed by atoms with Crippen LogP contribution in [0.25, 0.3) is 0 Å². The zero-order valence-corrected chi connectivity index (χ0v) is 15.8. The van der Waals surface area contributed by atoms with Crippen LogP contribution in [0.4, 0.5) is 0 Å². The van der Waals surface area contributed by atoms with E-state index in [1.54, 1.807) is 0 Å². The van der Waals surface area contributed by atoms with Gasteiger partial charge in [-0.15, -0.1) is 0 Å². The Hall–Kier alpha value is -1.42. The highest BCUT2D eigenvalue weighted by Crippen LogP contribution is 2.66. The number of carbonyl (C=O) groups excluding carboxylic acids is 1. The van der Waals surface area contributed by atoms with E-state index in [0.717, 1.165) is 25.7 Å². The number of carbonyl (C=O) groups is 2. The van der Waals surface area contributed by atoms with E-state index in [-0.39, 0.29) is 23.0 Å². The van der Waals surface area contributed by atoms with Gasteiger partial charge in [0.2, 0.25) is 0 Å². The van der Waals surface area contributed by atoms with Crippen molar-refractivity contribution in [1.82, 2.24) is 0 Å². The van der Waals surface area contributed by atoms with Crippen LogP contribution >= 0.6 is 0 Å². The molecule has 0 amide bonds. The molecule has 0 bridgehead atoms. The second kappa shape index (κ2) is 5.79. The standard InChI is InChI=1S/C22H30O4/c1-20-9-5-15(23)13-14(20)3-4-16-17(20)6-10-21(2)18(16)7-11-22(21,26)12-8-19(24)25/h3-4,13,16-18,26H,5-12H2,1-2H3,(H,24,25)/t16?,17?,18?,20-,21-,22+/m0/s1. The number of aliphatic hydroxyl groups is 1. The third-order valence-corrected chi connectivity index (χ3v) is 8.59. The number of hydrogen-bond acceptors (Lipinski definition) is 3. The van der Waals surface area contributed by atoms with Gasteiger partial charge < -0.3 is 10.2 Å². The average molecular weight is 358 g/mol. The van der Waals surface area contributed by atoms with Crippen molar-refractivity contribution in [3.63, 3.8) is 0 Å². The quantitative estimate of drug-likeness (QED) is 0.802. The van der Waals surface area contributed by atoms with Crippen LogP contribution in [-0.4, -0.2) is 27.6 Å². The molecule has 4 rings (SSSR count). The Morgan fingerprint density at radius 2 is 1.92 bits per heavy atom. The summed E-state index contributed by atoms with van der Waals surface area (Å²) in [5.74, 6) is 0.748. The molecule has 2 saturated carbocycles. The number of ketones is 1. The molecule has 4 aliphatic carbocycles. The largest absolute Gasteiger partial charge is 0.481 e. The molecule has 2 N–H and O–H groups in total. The maximum Gasteiger partial charge on any atom is 0.303 e. The van der Waals surface area contributed by atoms with Gasteiger partial charge in [-0.05, 0) is 78.8 Å². The summed E-state index contributed by atoms with van der Waals surface area (Å²) < 4.78 is 0. The van der Waals surface area contributed by atoms with Gasteiger partial charge >= 0.3 is 5.97 Å². The van der Waals surface area contributed by atoms with Gasteiger partial charge in [0.25, 0.3) is 0 Å². The van der Waals surface area contributed by atoms with E-state index in [2.05, 4.69) is 26.0 Å². The first kappa shape index (κ1) is 18.0. The minimum atomic E-state index is -0.867. The van der Waals surface area contributed by atoms with Crippen molar-refractivity contribution in [2.24, 2.45) is 28.6 Å². The average Bonchev–Trinajstić information content (AvgIpc) is 2.86. The number of allylic oxidation sites excluding steroid dienone is 4. The number of carboxylic acid groups (broad SMARTS) is 1. The Labute approximate surface area is 155 Å². The van der Waals surface area contributed by atoms with Crippen molar-refractivity contribution >= 4 is 11.8 Å². The highest BCUT2D eigenvalue weighted by molar-refractivity contribution is 5.92. The highest BCUT2D eigenvalue weighted by Gasteiger charge is 2.62. The Morgan fingerprint density at radius 1 is 1.19 bits per heavy atom. The van der Waals surface area contributed by atoms with E-state index < -0.39 is 11.6 Å². The molecule has 0 aromatic rings. The molecule has 0 saturated heterocycles. The molecule has 0 aromatic heterocycles. The fraction of sp³-hybridized carbons (Fsp3) is 0.727. The summed E-state index contributed by atoms with van der Waals surface area (Å²) in [4.78, 5) is 22.9. The first-order valence-electron chi connectivity index (χ1n) is 10.1. The molecule has 26 heavy (non-hydrogen) atoms. The van der Waals surface area contributed by atoms with E-state index in [9.17, 15) is 14.7 Å². The molecule has 6 atom stereocenters. The van der Waals surface area contributed by atoms with Gasteiger partial charge in [-0.25, -0.2) is 0 Å². The first-order valence-corrected chi connectivity index (χ1v) is 10.1. The SMILES string of the molecule is C[C@]12CCC(=O)C=C1C=CC1C2CC[C@@]2(C)C1CC[C@@]2(O)CCC(=O)O. The minimum absolute atomic E-state index is 0.0372. The molecule has 4 aliphatic rings. The van der Waals surface area contributed by atoms with Crippen molar-refractivity contribution in [1.29, 1.82) is 0 Å². The highest BCUT2D eigenvalue weighted by atomic mass is 16.4. The second-order valence-electron chi connectivity index (χ2n) is 9.55. The van der Waals surface area contributed by atoms with E-state index in [4.69, 9.17) is 5.11 Å². The summed E-state index contributed by atoms with van der Waals surface area (Å²) in [6.07, 6.45) is 11.9. The minimum Gasteiger partial charge on any atom is -0.481 e. The van der Waals surface area contributed by atoms with Gasteiger partial charge in [0.1, 0.15) is 0 Å². The van der Waals surface area contributed by atoms with Crippen LogP contribution in [0.5, 0.6) is 0 Å². The van der Waals surface area contributed by atoms with Crippen molar-refractivity contribution in [3.8, 4) is 0 Å². The second-order valence-corrected chi connectivity index (χ2v) is 9.55. The predicted molar refractivity (Wildman–Crippen MR) is 98.4 cm³/mol. The van der Waals surface area contributed by atoms with Crippen LogP contribution in [0.15, 0.2) is 23.8 Å². The van der Waals surface area contributed by atoms with Gasteiger partial charge in [-0.2, -0.15) is 0 Å². The summed E-state index contributed by atoms with van der Waals surface area (Å²) >= 11 is 0. The summed E-state index contributed by atoms with van der Waals surface area (Å²) in [6.45, 7) is 4.51.